The number of rotatable bonds is 3. The highest BCUT2D eigenvalue weighted by atomic mass is 16.6. The molecule has 0 atom stereocenters. The SMILES string of the molecule is CC(C)(C)OC(=O)n1c(-c2ccc(-c3ccc(N(C(=O)O)C(C)(C)C)nc3)cc2)cc2ccncc21. The lowest BCUT2D eigenvalue weighted by molar-refractivity contribution is 0.0547. The van der Waals surface area contributed by atoms with E-state index in [9.17, 15) is 14.7 Å². The largest absolute Gasteiger partial charge is 0.465 e. The number of pyridine rings is 2. The maximum atomic E-state index is 13.1. The van der Waals surface area contributed by atoms with Crippen molar-refractivity contribution in [1.82, 2.24) is 14.5 Å². The molecule has 0 radical (unpaired) electrons. The summed E-state index contributed by atoms with van der Waals surface area (Å²) in [5, 5.41) is 10.5. The van der Waals surface area contributed by atoms with E-state index in [4.69, 9.17) is 4.74 Å². The number of hydrogen-bond donors (Lipinski definition) is 1. The third-order valence-electron chi connectivity index (χ3n) is 5.54. The van der Waals surface area contributed by atoms with E-state index in [-0.39, 0.29) is 0 Å². The van der Waals surface area contributed by atoms with E-state index in [1.54, 1.807) is 29.2 Å². The van der Waals surface area contributed by atoms with Crippen molar-refractivity contribution in [3.05, 3.63) is 67.1 Å². The Morgan fingerprint density at radius 2 is 1.53 bits per heavy atom. The third-order valence-corrected chi connectivity index (χ3v) is 5.54. The molecule has 3 aromatic heterocycles. The molecule has 0 aliphatic heterocycles. The van der Waals surface area contributed by atoms with E-state index in [1.165, 1.54) is 4.90 Å². The highest BCUT2D eigenvalue weighted by Crippen LogP contribution is 2.31. The van der Waals surface area contributed by atoms with Gasteiger partial charge in [0.05, 0.1) is 17.4 Å². The van der Waals surface area contributed by atoms with E-state index in [1.807, 2.05) is 84.0 Å². The van der Waals surface area contributed by atoms with Gasteiger partial charge in [0.25, 0.3) is 0 Å². The van der Waals surface area contributed by atoms with Gasteiger partial charge in [0.2, 0.25) is 0 Å². The molecular formula is C28H30N4O4. The van der Waals surface area contributed by atoms with Crippen LogP contribution in [-0.2, 0) is 4.74 Å². The van der Waals surface area contributed by atoms with E-state index in [2.05, 4.69) is 9.97 Å². The second-order valence-corrected chi connectivity index (χ2v) is 10.6. The Bertz CT molecular complexity index is 1410. The zero-order valence-electron chi connectivity index (χ0n) is 21.3. The standard InChI is InChI=1S/C28H30N4O4/c1-27(2,3)32(25(33)34)24-12-11-21(16-30-24)18-7-9-19(10-8-18)22-15-20-13-14-29-17-23(20)31(22)26(35)36-28(4,5)6/h7-17H,1-6H3,(H,33,34). The van der Waals surface area contributed by atoms with Crippen molar-refractivity contribution in [2.45, 2.75) is 52.7 Å². The Kier molecular flexibility index (Phi) is 6.30. The van der Waals surface area contributed by atoms with Gasteiger partial charge in [0.1, 0.15) is 11.4 Å². The van der Waals surface area contributed by atoms with Crippen molar-refractivity contribution in [3.63, 3.8) is 0 Å². The summed E-state index contributed by atoms with van der Waals surface area (Å²) in [5.41, 5.74) is 2.72. The van der Waals surface area contributed by atoms with Crippen molar-refractivity contribution >= 4 is 28.9 Å². The number of nitrogens with zero attached hydrogens (tertiary/aromatic N) is 4. The van der Waals surface area contributed by atoms with Crippen molar-refractivity contribution in [1.29, 1.82) is 0 Å². The molecule has 0 bridgehead atoms. The van der Waals surface area contributed by atoms with Gasteiger partial charge in [-0.1, -0.05) is 24.3 Å². The molecule has 1 N–H and O–H groups in total. The molecule has 0 aliphatic carbocycles. The van der Waals surface area contributed by atoms with Crippen molar-refractivity contribution in [2.75, 3.05) is 4.90 Å². The molecule has 4 rings (SSSR count). The summed E-state index contributed by atoms with van der Waals surface area (Å²) in [6.07, 6.45) is 3.49. The minimum absolute atomic E-state index is 0.367. The van der Waals surface area contributed by atoms with Crippen LogP contribution in [0.15, 0.2) is 67.1 Å². The predicted octanol–water partition coefficient (Wildman–Crippen LogP) is 6.83. The summed E-state index contributed by atoms with van der Waals surface area (Å²) in [5.74, 6) is 0.367. The molecule has 0 unspecified atom stereocenters. The molecule has 36 heavy (non-hydrogen) atoms. The van der Waals surface area contributed by atoms with Crippen LogP contribution in [0.1, 0.15) is 41.5 Å². The lowest BCUT2D eigenvalue weighted by atomic mass is 10.0. The maximum Gasteiger partial charge on any atom is 0.419 e. The summed E-state index contributed by atoms with van der Waals surface area (Å²) in [4.78, 5) is 34.6. The Balaban J connectivity index is 1.68. The molecule has 0 spiro atoms. The number of amides is 1. The highest BCUT2D eigenvalue weighted by Gasteiger charge is 2.29. The number of anilines is 1. The van der Waals surface area contributed by atoms with E-state index < -0.39 is 23.3 Å². The Morgan fingerprint density at radius 1 is 0.889 bits per heavy atom. The first-order valence-corrected chi connectivity index (χ1v) is 11.6. The number of ether oxygens (including phenoxy) is 1. The van der Waals surface area contributed by atoms with Gasteiger partial charge in [-0.3, -0.25) is 9.88 Å². The van der Waals surface area contributed by atoms with Gasteiger partial charge in [0.15, 0.2) is 0 Å². The second kappa shape index (κ2) is 9.11. The number of aromatic nitrogens is 3. The van der Waals surface area contributed by atoms with Gasteiger partial charge in [-0.15, -0.1) is 0 Å². The van der Waals surface area contributed by atoms with Crippen LogP contribution < -0.4 is 4.90 Å². The lowest BCUT2D eigenvalue weighted by Gasteiger charge is -2.32. The van der Waals surface area contributed by atoms with Crippen LogP contribution in [0, 0.1) is 0 Å². The molecule has 0 aliphatic rings. The molecule has 0 saturated heterocycles. The van der Waals surface area contributed by atoms with Gasteiger partial charge in [-0.25, -0.2) is 19.1 Å². The number of carbonyl (C=O) groups is 2. The van der Waals surface area contributed by atoms with Crippen LogP contribution in [-0.4, -0.2) is 43.0 Å². The number of carbonyl (C=O) groups excluding carboxylic acids is 1. The second-order valence-electron chi connectivity index (χ2n) is 10.6. The fourth-order valence-electron chi connectivity index (χ4n) is 4.02. The first-order valence-electron chi connectivity index (χ1n) is 11.6. The van der Waals surface area contributed by atoms with Crippen molar-refractivity contribution in [2.24, 2.45) is 0 Å². The van der Waals surface area contributed by atoms with Crippen LogP contribution in [0.5, 0.6) is 0 Å². The zero-order chi connectivity index (χ0) is 26.3. The molecule has 1 aromatic carbocycles. The lowest BCUT2D eigenvalue weighted by Crippen LogP contribution is -2.45. The van der Waals surface area contributed by atoms with Gasteiger partial charge in [-0.2, -0.15) is 0 Å². The maximum absolute atomic E-state index is 13.1. The fraction of sp³-hybridized carbons (Fsp3) is 0.286. The third kappa shape index (κ3) is 5.07. The first-order chi connectivity index (χ1) is 16.8. The van der Waals surface area contributed by atoms with Crippen LogP contribution in [0.2, 0.25) is 0 Å². The van der Waals surface area contributed by atoms with Gasteiger partial charge >= 0.3 is 12.2 Å². The van der Waals surface area contributed by atoms with Gasteiger partial charge < -0.3 is 9.84 Å². The first kappa shape index (κ1) is 24.9. The smallest absolute Gasteiger partial charge is 0.419 e. The van der Waals surface area contributed by atoms with E-state index in [0.29, 0.717) is 17.0 Å². The zero-order valence-corrected chi connectivity index (χ0v) is 21.3. The number of carboxylic acid groups (broad SMARTS) is 1. The monoisotopic (exact) mass is 486 g/mol. The summed E-state index contributed by atoms with van der Waals surface area (Å²) in [6, 6.07) is 15.1. The topological polar surface area (TPSA) is 97.5 Å². The highest BCUT2D eigenvalue weighted by molar-refractivity contribution is 5.96. The number of fused-ring (bicyclic) bond motifs is 1. The van der Waals surface area contributed by atoms with E-state index in [0.717, 1.165) is 22.1 Å². The summed E-state index contributed by atoms with van der Waals surface area (Å²) < 4.78 is 7.21. The molecule has 1 amide bonds. The molecule has 8 nitrogen and oxygen atoms in total. The minimum atomic E-state index is -1.05. The predicted molar refractivity (Wildman–Crippen MR) is 140 cm³/mol. The Morgan fingerprint density at radius 3 is 2.08 bits per heavy atom. The van der Waals surface area contributed by atoms with Crippen LogP contribution in [0.3, 0.4) is 0 Å². The van der Waals surface area contributed by atoms with Gasteiger partial charge in [0, 0.05) is 28.9 Å². The number of hydrogen-bond acceptors (Lipinski definition) is 5. The molecule has 8 heteroatoms. The average Bonchev–Trinajstić information content (AvgIpc) is 3.17. The van der Waals surface area contributed by atoms with Crippen LogP contribution in [0.4, 0.5) is 15.4 Å². The summed E-state index contributed by atoms with van der Waals surface area (Å²) in [6.45, 7) is 11.0. The fourth-order valence-corrected chi connectivity index (χ4v) is 4.02. The molecule has 3 heterocycles. The quantitative estimate of drug-likeness (QED) is 0.341. The number of benzene rings is 1. The van der Waals surface area contributed by atoms with Crippen LogP contribution >= 0.6 is 0 Å². The normalized spacial score (nSPS) is 11.9. The summed E-state index contributed by atoms with van der Waals surface area (Å²) in [7, 11) is 0. The molecular weight excluding hydrogens is 456 g/mol. The Labute approximate surface area is 210 Å². The van der Waals surface area contributed by atoms with Crippen LogP contribution in [0.25, 0.3) is 33.3 Å². The average molecular weight is 487 g/mol. The molecule has 4 aromatic rings. The molecule has 0 fully saturated rings. The molecule has 186 valence electrons. The molecule has 0 saturated carbocycles. The minimum Gasteiger partial charge on any atom is -0.465 e. The van der Waals surface area contributed by atoms with Crippen molar-refractivity contribution < 1.29 is 19.4 Å². The van der Waals surface area contributed by atoms with Crippen molar-refractivity contribution in [3.8, 4) is 22.4 Å². The summed E-state index contributed by atoms with van der Waals surface area (Å²) >= 11 is 0. The van der Waals surface area contributed by atoms with E-state index >= 15 is 0 Å². The van der Waals surface area contributed by atoms with Gasteiger partial charge in [-0.05, 0) is 76.9 Å². The Hall–Kier alpha value is -4.20.